The summed E-state index contributed by atoms with van der Waals surface area (Å²) in [7, 11) is 0. The quantitative estimate of drug-likeness (QED) is 0.539. The molecule has 0 atom stereocenters. The molecule has 0 aliphatic carbocycles. The zero-order valence-electron chi connectivity index (χ0n) is 8.54. The summed E-state index contributed by atoms with van der Waals surface area (Å²) in [6.45, 7) is 7.60. The number of carbonyl (C=O) groups is 1. The molecule has 0 aliphatic rings. The van der Waals surface area contributed by atoms with Crippen LogP contribution in [-0.4, -0.2) is 12.4 Å². The molecule has 1 rings (SSSR count). The van der Waals surface area contributed by atoms with E-state index in [9.17, 15) is 4.79 Å². The monoisotopic (exact) mass is 190 g/mol. The topological polar surface area (TPSA) is 26.3 Å². The Bertz CT molecular complexity index is 353. The fraction of sp³-hybridized carbons (Fsp3) is 0.250. The second-order valence-electron chi connectivity index (χ2n) is 3.30. The maximum absolute atomic E-state index is 11.2. The Morgan fingerprint density at radius 3 is 2.57 bits per heavy atom. The van der Waals surface area contributed by atoms with Crippen molar-refractivity contribution < 1.29 is 9.53 Å². The highest BCUT2D eigenvalue weighted by atomic mass is 16.5. The van der Waals surface area contributed by atoms with Gasteiger partial charge in [-0.05, 0) is 31.6 Å². The third-order valence-corrected chi connectivity index (χ3v) is 1.74. The van der Waals surface area contributed by atoms with E-state index in [1.807, 2.05) is 19.1 Å². The highest BCUT2D eigenvalue weighted by molar-refractivity contribution is 5.96. The van der Waals surface area contributed by atoms with E-state index in [1.54, 1.807) is 12.1 Å². The molecule has 0 saturated carbocycles. The molecule has 0 fully saturated rings. The van der Waals surface area contributed by atoms with Gasteiger partial charge in [0, 0.05) is 0 Å². The molecule has 14 heavy (non-hydrogen) atoms. The number of carbonyl (C=O) groups excluding carboxylic acids is 1. The van der Waals surface area contributed by atoms with E-state index >= 15 is 0 Å². The first-order valence-electron chi connectivity index (χ1n) is 4.48. The standard InChI is InChI=1S/C12H14O2/c1-9(2)8-14-12-7-5-4-6-11(12)10(3)13/h4-7H,1,8H2,2-3H3. The molecule has 0 heterocycles. The van der Waals surface area contributed by atoms with E-state index in [1.165, 1.54) is 6.92 Å². The zero-order valence-corrected chi connectivity index (χ0v) is 8.54. The van der Waals surface area contributed by atoms with E-state index in [-0.39, 0.29) is 5.78 Å². The number of rotatable bonds is 4. The molecular formula is C12H14O2. The van der Waals surface area contributed by atoms with Crippen LogP contribution in [0.1, 0.15) is 24.2 Å². The van der Waals surface area contributed by atoms with E-state index in [2.05, 4.69) is 6.58 Å². The number of benzene rings is 1. The molecule has 2 heteroatoms. The highest BCUT2D eigenvalue weighted by Gasteiger charge is 2.06. The van der Waals surface area contributed by atoms with Crippen LogP contribution in [0, 0.1) is 0 Å². The smallest absolute Gasteiger partial charge is 0.163 e. The van der Waals surface area contributed by atoms with E-state index in [0.29, 0.717) is 17.9 Å². The van der Waals surface area contributed by atoms with Gasteiger partial charge in [0.1, 0.15) is 12.4 Å². The third kappa shape index (κ3) is 2.73. The summed E-state index contributed by atoms with van der Waals surface area (Å²) in [5.41, 5.74) is 1.55. The van der Waals surface area contributed by atoms with Crippen molar-refractivity contribution in [2.75, 3.05) is 6.61 Å². The second kappa shape index (κ2) is 4.61. The summed E-state index contributed by atoms with van der Waals surface area (Å²) in [6.07, 6.45) is 0. The van der Waals surface area contributed by atoms with Gasteiger partial charge in [-0.3, -0.25) is 4.79 Å². The highest BCUT2D eigenvalue weighted by Crippen LogP contribution is 2.18. The predicted molar refractivity (Wildman–Crippen MR) is 56.8 cm³/mol. The number of Topliss-reactive ketones (excluding diaryl/α,β-unsaturated/α-hetero) is 1. The fourth-order valence-corrected chi connectivity index (χ4v) is 1.08. The van der Waals surface area contributed by atoms with Crippen LogP contribution in [0.5, 0.6) is 5.75 Å². The van der Waals surface area contributed by atoms with Crippen LogP contribution >= 0.6 is 0 Å². The van der Waals surface area contributed by atoms with Crippen molar-refractivity contribution in [1.82, 2.24) is 0 Å². The van der Waals surface area contributed by atoms with Gasteiger partial charge in [-0.1, -0.05) is 18.7 Å². The summed E-state index contributed by atoms with van der Waals surface area (Å²) >= 11 is 0. The number of para-hydroxylation sites is 1. The molecule has 0 aromatic heterocycles. The van der Waals surface area contributed by atoms with Crippen LogP contribution in [0.4, 0.5) is 0 Å². The molecule has 1 aromatic carbocycles. The minimum absolute atomic E-state index is 0.0160. The van der Waals surface area contributed by atoms with Crippen LogP contribution < -0.4 is 4.74 Å². The summed E-state index contributed by atoms with van der Waals surface area (Å²) in [5, 5.41) is 0. The van der Waals surface area contributed by atoms with Crippen LogP contribution in [0.15, 0.2) is 36.4 Å². The molecule has 0 spiro atoms. The third-order valence-electron chi connectivity index (χ3n) is 1.74. The van der Waals surface area contributed by atoms with Gasteiger partial charge in [-0.15, -0.1) is 0 Å². The Balaban J connectivity index is 2.84. The zero-order chi connectivity index (χ0) is 10.6. The second-order valence-corrected chi connectivity index (χ2v) is 3.30. The molecule has 0 saturated heterocycles. The molecule has 0 amide bonds. The largest absolute Gasteiger partial charge is 0.489 e. The Hall–Kier alpha value is -1.57. The minimum Gasteiger partial charge on any atom is -0.489 e. The van der Waals surface area contributed by atoms with Crippen molar-refractivity contribution in [2.45, 2.75) is 13.8 Å². The van der Waals surface area contributed by atoms with Crippen LogP contribution in [0.2, 0.25) is 0 Å². The van der Waals surface area contributed by atoms with Crippen LogP contribution in [-0.2, 0) is 0 Å². The average molecular weight is 190 g/mol. The Morgan fingerprint density at radius 1 is 1.36 bits per heavy atom. The van der Waals surface area contributed by atoms with Gasteiger partial charge >= 0.3 is 0 Å². The number of hydrogen-bond acceptors (Lipinski definition) is 2. The van der Waals surface area contributed by atoms with Crippen molar-refractivity contribution >= 4 is 5.78 Å². The van der Waals surface area contributed by atoms with Crippen molar-refractivity contribution in [3.63, 3.8) is 0 Å². The minimum atomic E-state index is 0.0160. The number of ketones is 1. The van der Waals surface area contributed by atoms with Crippen molar-refractivity contribution in [1.29, 1.82) is 0 Å². The molecular weight excluding hydrogens is 176 g/mol. The summed E-state index contributed by atoms with van der Waals surface area (Å²) in [6, 6.07) is 7.22. The molecule has 0 unspecified atom stereocenters. The SMILES string of the molecule is C=C(C)COc1ccccc1C(C)=O. The molecule has 1 aromatic rings. The Labute approximate surface area is 84.2 Å². The lowest BCUT2D eigenvalue weighted by Crippen LogP contribution is -2.02. The molecule has 0 aliphatic heterocycles. The van der Waals surface area contributed by atoms with E-state index in [0.717, 1.165) is 5.57 Å². The Kier molecular flexibility index (Phi) is 3.46. The van der Waals surface area contributed by atoms with Gasteiger partial charge in [-0.25, -0.2) is 0 Å². The number of ether oxygens (including phenoxy) is 1. The maximum atomic E-state index is 11.2. The lowest BCUT2D eigenvalue weighted by atomic mass is 10.1. The first kappa shape index (κ1) is 10.5. The van der Waals surface area contributed by atoms with Gasteiger partial charge in [0.15, 0.2) is 5.78 Å². The summed E-state index contributed by atoms with van der Waals surface area (Å²) in [4.78, 5) is 11.2. The maximum Gasteiger partial charge on any atom is 0.163 e. The molecule has 0 bridgehead atoms. The van der Waals surface area contributed by atoms with Gasteiger partial charge in [0.25, 0.3) is 0 Å². The molecule has 0 N–H and O–H groups in total. The first-order chi connectivity index (χ1) is 6.61. The van der Waals surface area contributed by atoms with E-state index < -0.39 is 0 Å². The summed E-state index contributed by atoms with van der Waals surface area (Å²) in [5.74, 6) is 0.644. The first-order valence-corrected chi connectivity index (χ1v) is 4.48. The lowest BCUT2D eigenvalue weighted by Gasteiger charge is -2.08. The van der Waals surface area contributed by atoms with Gasteiger partial charge < -0.3 is 4.74 Å². The Morgan fingerprint density at radius 2 is 2.00 bits per heavy atom. The van der Waals surface area contributed by atoms with Gasteiger partial charge in [0.2, 0.25) is 0 Å². The fourth-order valence-electron chi connectivity index (χ4n) is 1.08. The van der Waals surface area contributed by atoms with Crippen molar-refractivity contribution in [2.24, 2.45) is 0 Å². The lowest BCUT2D eigenvalue weighted by molar-refractivity contribution is 0.101. The van der Waals surface area contributed by atoms with Gasteiger partial charge in [0.05, 0.1) is 5.56 Å². The predicted octanol–water partition coefficient (Wildman–Crippen LogP) is 2.84. The number of hydrogen-bond donors (Lipinski definition) is 0. The van der Waals surface area contributed by atoms with Gasteiger partial charge in [-0.2, -0.15) is 0 Å². The normalized spacial score (nSPS) is 9.57. The van der Waals surface area contributed by atoms with Crippen LogP contribution in [0.3, 0.4) is 0 Å². The molecule has 2 nitrogen and oxygen atoms in total. The van der Waals surface area contributed by atoms with E-state index in [4.69, 9.17) is 4.74 Å². The van der Waals surface area contributed by atoms with Crippen molar-refractivity contribution in [3.8, 4) is 5.75 Å². The van der Waals surface area contributed by atoms with Crippen LogP contribution in [0.25, 0.3) is 0 Å². The van der Waals surface area contributed by atoms with Crippen molar-refractivity contribution in [3.05, 3.63) is 42.0 Å². The average Bonchev–Trinajstić information content (AvgIpc) is 2.15. The molecule has 74 valence electrons. The molecule has 0 radical (unpaired) electrons. The summed E-state index contributed by atoms with van der Waals surface area (Å²) < 4.78 is 5.44.